The number of benzene rings is 1. The van der Waals surface area contributed by atoms with Crippen molar-refractivity contribution in [2.45, 2.75) is 25.3 Å². The molecule has 120 valence electrons. The summed E-state index contributed by atoms with van der Waals surface area (Å²) in [5.41, 5.74) is 0.813. The van der Waals surface area contributed by atoms with Gasteiger partial charge in [-0.3, -0.25) is 9.59 Å². The van der Waals surface area contributed by atoms with E-state index < -0.39 is 0 Å². The van der Waals surface area contributed by atoms with Crippen molar-refractivity contribution in [2.75, 3.05) is 13.2 Å². The Morgan fingerprint density at radius 2 is 2.00 bits per heavy atom. The van der Waals surface area contributed by atoms with Crippen LogP contribution < -0.4 is 15.6 Å². The number of hydrogen-bond acceptors (Lipinski definition) is 4. The van der Waals surface area contributed by atoms with E-state index >= 15 is 0 Å². The quantitative estimate of drug-likeness (QED) is 0.836. The summed E-state index contributed by atoms with van der Waals surface area (Å²) in [7, 11) is 0. The lowest BCUT2D eigenvalue weighted by Gasteiger charge is -2.09. The van der Waals surface area contributed by atoms with Crippen LogP contribution in [0.3, 0.4) is 0 Å². The predicted octanol–water partition coefficient (Wildman–Crippen LogP) is 1.32. The molecule has 23 heavy (non-hydrogen) atoms. The molecule has 0 spiro atoms. The van der Waals surface area contributed by atoms with E-state index in [9.17, 15) is 9.59 Å². The predicted molar refractivity (Wildman–Crippen MR) is 85.4 cm³/mol. The molecule has 6 nitrogen and oxygen atoms in total. The highest BCUT2D eigenvalue weighted by molar-refractivity contribution is 5.77. The van der Waals surface area contributed by atoms with Crippen LogP contribution in [-0.4, -0.2) is 28.8 Å². The molecule has 1 heterocycles. The van der Waals surface area contributed by atoms with E-state index in [2.05, 4.69) is 10.4 Å². The first kappa shape index (κ1) is 15.3. The second-order valence-corrected chi connectivity index (χ2v) is 5.55. The number of nitrogens with one attached hydrogen (secondary N) is 1. The Morgan fingerprint density at radius 3 is 2.74 bits per heavy atom. The summed E-state index contributed by atoms with van der Waals surface area (Å²) in [5.74, 6) is 0.925. The van der Waals surface area contributed by atoms with Crippen molar-refractivity contribution >= 4 is 5.91 Å². The zero-order valence-corrected chi connectivity index (χ0v) is 12.8. The Hall–Kier alpha value is -2.63. The van der Waals surface area contributed by atoms with Gasteiger partial charge in [-0.2, -0.15) is 5.10 Å². The first-order valence-electron chi connectivity index (χ1n) is 7.75. The fraction of sp³-hybridized carbons (Fsp3) is 0.353. The Labute approximate surface area is 134 Å². The molecular weight excluding hydrogens is 294 g/mol. The number of amides is 1. The largest absolute Gasteiger partial charge is 0.484 e. The van der Waals surface area contributed by atoms with E-state index in [1.54, 1.807) is 24.3 Å². The van der Waals surface area contributed by atoms with Gasteiger partial charge in [0.15, 0.2) is 6.61 Å². The van der Waals surface area contributed by atoms with Gasteiger partial charge in [-0.25, -0.2) is 4.68 Å². The molecule has 1 N–H and O–H groups in total. The maximum atomic E-state index is 11.8. The Balaban J connectivity index is 1.44. The lowest BCUT2D eigenvalue weighted by Crippen LogP contribution is -2.34. The van der Waals surface area contributed by atoms with Gasteiger partial charge in [0.25, 0.3) is 11.5 Å². The summed E-state index contributed by atoms with van der Waals surface area (Å²) in [6.45, 7) is 0.656. The summed E-state index contributed by atoms with van der Waals surface area (Å²) in [4.78, 5) is 23.5. The summed E-state index contributed by atoms with van der Waals surface area (Å²) in [6, 6.07) is 12.5. The van der Waals surface area contributed by atoms with Crippen molar-refractivity contribution in [3.63, 3.8) is 0 Å². The van der Waals surface area contributed by atoms with Crippen LogP contribution in [0.15, 0.2) is 47.3 Å². The fourth-order valence-corrected chi connectivity index (χ4v) is 2.24. The highest BCUT2D eigenvalue weighted by Gasteiger charge is 2.25. The number of carbonyl (C=O) groups is 1. The number of nitrogens with zero attached hydrogens (tertiary/aromatic N) is 2. The van der Waals surface area contributed by atoms with Crippen molar-refractivity contribution in [1.82, 2.24) is 15.1 Å². The van der Waals surface area contributed by atoms with Crippen molar-refractivity contribution in [1.29, 1.82) is 0 Å². The molecule has 2 aromatic rings. The van der Waals surface area contributed by atoms with E-state index in [1.807, 2.05) is 18.2 Å². The number of para-hydroxylation sites is 1. The van der Waals surface area contributed by atoms with E-state index in [1.165, 1.54) is 4.68 Å². The van der Waals surface area contributed by atoms with Crippen LogP contribution in [0, 0.1) is 0 Å². The zero-order chi connectivity index (χ0) is 16.1. The summed E-state index contributed by atoms with van der Waals surface area (Å²) < 4.78 is 6.77. The smallest absolute Gasteiger partial charge is 0.266 e. The van der Waals surface area contributed by atoms with Gasteiger partial charge in [-0.1, -0.05) is 18.2 Å². The zero-order valence-electron chi connectivity index (χ0n) is 12.8. The second kappa shape index (κ2) is 7.09. The van der Waals surface area contributed by atoms with Crippen molar-refractivity contribution < 1.29 is 9.53 Å². The van der Waals surface area contributed by atoms with Crippen LogP contribution in [0.25, 0.3) is 0 Å². The summed E-state index contributed by atoms with van der Waals surface area (Å²) in [6.07, 6.45) is 2.28. The van der Waals surface area contributed by atoms with E-state index in [4.69, 9.17) is 4.74 Å². The Kier molecular flexibility index (Phi) is 4.71. The van der Waals surface area contributed by atoms with Gasteiger partial charge in [0.05, 0.1) is 12.2 Å². The van der Waals surface area contributed by atoms with Crippen LogP contribution in [-0.2, 0) is 11.3 Å². The molecule has 1 saturated carbocycles. The number of ether oxygens (including phenoxy) is 1. The van der Waals surface area contributed by atoms with Crippen LogP contribution in [0.4, 0.5) is 0 Å². The van der Waals surface area contributed by atoms with E-state index in [0.29, 0.717) is 24.8 Å². The maximum absolute atomic E-state index is 11.8. The minimum absolute atomic E-state index is 0.0472. The average Bonchev–Trinajstić information content (AvgIpc) is 3.41. The van der Waals surface area contributed by atoms with Gasteiger partial charge in [0, 0.05) is 18.5 Å². The maximum Gasteiger partial charge on any atom is 0.266 e. The van der Waals surface area contributed by atoms with Crippen LogP contribution >= 0.6 is 0 Å². The Morgan fingerprint density at radius 1 is 1.22 bits per heavy atom. The lowest BCUT2D eigenvalue weighted by atomic mass is 10.3. The first-order chi connectivity index (χ1) is 11.2. The lowest BCUT2D eigenvalue weighted by molar-refractivity contribution is -0.123. The van der Waals surface area contributed by atoms with Crippen LogP contribution in [0.2, 0.25) is 0 Å². The monoisotopic (exact) mass is 313 g/mol. The molecule has 1 aromatic carbocycles. The standard InChI is InChI=1S/C17H19N3O3/c21-16(12-23-14-4-2-1-3-5-14)18-10-11-20-17(22)9-8-15(19-20)13-6-7-13/h1-5,8-9,13H,6-7,10-12H2,(H,18,21). The van der Waals surface area contributed by atoms with Gasteiger partial charge in [-0.15, -0.1) is 0 Å². The molecule has 1 fully saturated rings. The molecule has 6 heteroatoms. The van der Waals surface area contributed by atoms with Gasteiger partial charge in [-0.05, 0) is 31.0 Å². The van der Waals surface area contributed by atoms with Gasteiger partial charge < -0.3 is 10.1 Å². The van der Waals surface area contributed by atoms with Gasteiger partial charge in [0.2, 0.25) is 0 Å². The number of aromatic nitrogens is 2. The third-order valence-corrected chi connectivity index (χ3v) is 3.64. The number of rotatable bonds is 7. The highest BCUT2D eigenvalue weighted by atomic mass is 16.5. The number of hydrogen-bond donors (Lipinski definition) is 1. The minimum atomic E-state index is -0.222. The van der Waals surface area contributed by atoms with Crippen LogP contribution in [0.5, 0.6) is 5.75 Å². The molecular formula is C17H19N3O3. The van der Waals surface area contributed by atoms with Gasteiger partial charge in [0.1, 0.15) is 5.75 Å². The normalized spacial score (nSPS) is 13.6. The minimum Gasteiger partial charge on any atom is -0.484 e. The third-order valence-electron chi connectivity index (χ3n) is 3.64. The highest BCUT2D eigenvalue weighted by Crippen LogP contribution is 2.38. The second-order valence-electron chi connectivity index (χ2n) is 5.55. The third kappa shape index (κ3) is 4.42. The molecule has 1 aromatic heterocycles. The van der Waals surface area contributed by atoms with Crippen LogP contribution in [0.1, 0.15) is 24.5 Å². The molecule has 1 amide bonds. The molecule has 0 radical (unpaired) electrons. The molecule has 0 unspecified atom stereocenters. The SMILES string of the molecule is O=C(COc1ccccc1)NCCn1nc(C2CC2)ccc1=O. The van der Waals surface area contributed by atoms with Gasteiger partial charge >= 0.3 is 0 Å². The molecule has 0 saturated heterocycles. The molecule has 3 rings (SSSR count). The molecule has 0 bridgehead atoms. The average molecular weight is 313 g/mol. The molecule has 1 aliphatic rings. The number of carbonyl (C=O) groups excluding carboxylic acids is 1. The van der Waals surface area contributed by atoms with Crippen molar-refractivity contribution in [2.24, 2.45) is 0 Å². The summed E-state index contributed by atoms with van der Waals surface area (Å²) >= 11 is 0. The molecule has 0 atom stereocenters. The fourth-order valence-electron chi connectivity index (χ4n) is 2.24. The first-order valence-corrected chi connectivity index (χ1v) is 7.75. The van der Waals surface area contributed by atoms with Crippen molar-refractivity contribution in [3.05, 3.63) is 58.5 Å². The van der Waals surface area contributed by atoms with E-state index in [-0.39, 0.29) is 18.1 Å². The molecule has 1 aliphatic carbocycles. The Bertz CT molecular complexity index is 723. The molecule has 0 aliphatic heterocycles. The summed E-state index contributed by atoms with van der Waals surface area (Å²) in [5, 5.41) is 7.08. The van der Waals surface area contributed by atoms with Crippen molar-refractivity contribution in [3.8, 4) is 5.75 Å². The van der Waals surface area contributed by atoms with E-state index in [0.717, 1.165) is 18.5 Å². The topological polar surface area (TPSA) is 73.2 Å².